The van der Waals surface area contributed by atoms with Crippen LogP contribution < -0.4 is 14.8 Å². The Balaban J connectivity index is 1.34. The van der Waals surface area contributed by atoms with Crippen LogP contribution in [0.5, 0.6) is 17.6 Å². The van der Waals surface area contributed by atoms with Crippen molar-refractivity contribution in [2.75, 3.05) is 13.7 Å². The third-order valence-electron chi connectivity index (χ3n) is 6.33. The molecule has 6 rings (SSSR count). The highest BCUT2D eigenvalue weighted by atomic mass is 19.1. The zero-order chi connectivity index (χ0) is 22.3. The second-order valence-electron chi connectivity index (χ2n) is 8.37. The lowest BCUT2D eigenvalue weighted by atomic mass is 9.70. The summed E-state index contributed by atoms with van der Waals surface area (Å²) in [6, 6.07) is 8.53. The molecule has 2 aromatic heterocycles. The molecule has 1 saturated carbocycles. The van der Waals surface area contributed by atoms with Gasteiger partial charge < -0.3 is 19.9 Å². The Morgan fingerprint density at radius 3 is 2.75 bits per heavy atom. The Morgan fingerprint density at radius 1 is 1.19 bits per heavy atom. The first-order valence-electron chi connectivity index (χ1n) is 10.4. The number of alkyl halides is 1. The van der Waals surface area contributed by atoms with Gasteiger partial charge in [-0.05, 0) is 38.0 Å². The normalized spacial score (nSPS) is 26.7. The molecule has 1 aromatic carbocycles. The van der Waals surface area contributed by atoms with E-state index in [4.69, 9.17) is 9.47 Å². The molecule has 2 aliphatic heterocycles. The van der Waals surface area contributed by atoms with Gasteiger partial charge in [0.2, 0.25) is 5.88 Å². The molecule has 0 spiro atoms. The molecule has 9 nitrogen and oxygen atoms in total. The van der Waals surface area contributed by atoms with Crippen LogP contribution in [0, 0.1) is 5.92 Å². The molecule has 3 fully saturated rings. The number of ether oxygens (including phenoxy) is 2. The number of aromatic nitrogens is 5. The molecule has 1 aliphatic carbocycles. The van der Waals surface area contributed by atoms with Gasteiger partial charge in [0.1, 0.15) is 18.2 Å². The first kappa shape index (κ1) is 20.5. The minimum atomic E-state index is -1.11. The van der Waals surface area contributed by atoms with Gasteiger partial charge in [0.05, 0.1) is 18.3 Å². The third-order valence-corrected chi connectivity index (χ3v) is 6.33. The molecule has 4 heterocycles. The van der Waals surface area contributed by atoms with Crippen LogP contribution in [-0.2, 0) is 0 Å². The average Bonchev–Trinajstić information content (AvgIpc) is 2.82. The van der Waals surface area contributed by atoms with Crippen molar-refractivity contribution >= 4 is 0 Å². The van der Waals surface area contributed by atoms with Gasteiger partial charge in [0.15, 0.2) is 12.0 Å². The minimum Gasteiger partial charge on any atom is -0.507 e. The highest BCUT2D eigenvalue weighted by molar-refractivity contribution is 5.71. The van der Waals surface area contributed by atoms with Crippen molar-refractivity contribution in [2.45, 2.75) is 37.6 Å². The lowest BCUT2D eigenvalue weighted by Crippen LogP contribution is -2.68. The number of phenolic OH excluding ortho intramolecular Hbond substituents is 1. The number of nitrogens with one attached hydrogen (secondary N) is 1. The summed E-state index contributed by atoms with van der Waals surface area (Å²) < 4.78 is 25.9. The second-order valence-corrected chi connectivity index (χ2v) is 8.37. The molecule has 2 N–H and O–H groups in total. The molecule has 0 radical (unpaired) electrons. The first-order valence-corrected chi connectivity index (χ1v) is 10.4. The molecule has 0 amide bonds. The van der Waals surface area contributed by atoms with Crippen molar-refractivity contribution in [1.82, 2.24) is 30.5 Å². The molecule has 3 aromatic rings. The van der Waals surface area contributed by atoms with E-state index in [0.29, 0.717) is 22.6 Å². The predicted molar refractivity (Wildman–Crippen MR) is 113 cm³/mol. The molecule has 2 bridgehead atoms. The SMILES string of the molecule is COc1ncnc(-c2ccc(-c3ccc(O[C@@H]4[C@H]5CC[C@](C)(NC5)[C@@H]4F)nn3)c(O)c2)n1. The topological polar surface area (TPSA) is 115 Å². The van der Waals surface area contributed by atoms with E-state index >= 15 is 0 Å². The Morgan fingerprint density at radius 2 is 2.06 bits per heavy atom. The summed E-state index contributed by atoms with van der Waals surface area (Å²) >= 11 is 0. The van der Waals surface area contributed by atoms with E-state index in [1.54, 1.807) is 24.3 Å². The van der Waals surface area contributed by atoms with Crippen LogP contribution in [0.2, 0.25) is 0 Å². The summed E-state index contributed by atoms with van der Waals surface area (Å²) in [5.41, 5.74) is 1.00. The number of phenols is 1. The van der Waals surface area contributed by atoms with Crippen molar-refractivity contribution in [3.63, 3.8) is 0 Å². The number of benzene rings is 1. The fourth-order valence-corrected chi connectivity index (χ4v) is 4.39. The van der Waals surface area contributed by atoms with Crippen LogP contribution in [0.15, 0.2) is 36.7 Å². The van der Waals surface area contributed by atoms with Crippen LogP contribution in [0.4, 0.5) is 4.39 Å². The van der Waals surface area contributed by atoms with Crippen molar-refractivity contribution in [3.05, 3.63) is 36.7 Å². The molecule has 4 atom stereocenters. The summed E-state index contributed by atoms with van der Waals surface area (Å²) in [4.78, 5) is 12.1. The number of piperidine rings is 2. The fourth-order valence-electron chi connectivity index (χ4n) is 4.39. The van der Waals surface area contributed by atoms with Crippen LogP contribution in [0.1, 0.15) is 19.8 Å². The monoisotopic (exact) mass is 438 g/mol. The van der Waals surface area contributed by atoms with E-state index in [9.17, 15) is 9.50 Å². The minimum absolute atomic E-state index is 0.00254. The molecule has 2 saturated heterocycles. The predicted octanol–water partition coefficient (Wildman–Crippen LogP) is 2.57. The summed E-state index contributed by atoms with van der Waals surface area (Å²) in [7, 11) is 1.47. The van der Waals surface area contributed by atoms with Gasteiger partial charge in [-0.25, -0.2) is 9.37 Å². The number of nitrogens with zero attached hydrogens (tertiary/aromatic N) is 5. The maximum atomic E-state index is 14.9. The van der Waals surface area contributed by atoms with E-state index in [0.717, 1.165) is 19.4 Å². The van der Waals surface area contributed by atoms with Gasteiger partial charge in [0.25, 0.3) is 0 Å². The Kier molecular flexibility index (Phi) is 5.09. The van der Waals surface area contributed by atoms with Crippen LogP contribution >= 0.6 is 0 Å². The van der Waals surface area contributed by atoms with E-state index in [-0.39, 0.29) is 23.6 Å². The van der Waals surface area contributed by atoms with Crippen LogP contribution in [0.25, 0.3) is 22.6 Å². The van der Waals surface area contributed by atoms with Crippen molar-refractivity contribution in [3.8, 4) is 40.3 Å². The highest BCUT2D eigenvalue weighted by Gasteiger charge is 2.52. The highest BCUT2D eigenvalue weighted by Crippen LogP contribution is 2.40. The molecule has 3 aliphatic rings. The Hall–Kier alpha value is -3.40. The van der Waals surface area contributed by atoms with Crippen molar-refractivity contribution in [2.24, 2.45) is 5.92 Å². The lowest BCUT2D eigenvalue weighted by Gasteiger charge is -2.51. The lowest BCUT2D eigenvalue weighted by molar-refractivity contribution is -0.0729. The first-order chi connectivity index (χ1) is 15.5. The molecule has 10 heteroatoms. The summed E-state index contributed by atoms with van der Waals surface area (Å²) in [6.07, 6.45) is 1.41. The summed E-state index contributed by atoms with van der Waals surface area (Å²) in [5.74, 6) is 0.751. The van der Waals surface area contributed by atoms with Crippen LogP contribution in [-0.4, -0.2) is 61.7 Å². The maximum absolute atomic E-state index is 14.9. The van der Waals surface area contributed by atoms with Gasteiger partial charge in [-0.15, -0.1) is 10.2 Å². The largest absolute Gasteiger partial charge is 0.507 e. The quantitative estimate of drug-likeness (QED) is 0.620. The van der Waals surface area contributed by atoms with Gasteiger partial charge in [-0.3, -0.25) is 0 Å². The molecule has 166 valence electrons. The van der Waals surface area contributed by atoms with E-state index in [1.807, 2.05) is 6.92 Å². The maximum Gasteiger partial charge on any atom is 0.319 e. The Bertz CT molecular complexity index is 1120. The number of hydrogen-bond acceptors (Lipinski definition) is 9. The Labute approximate surface area is 184 Å². The summed E-state index contributed by atoms with van der Waals surface area (Å²) in [6.45, 7) is 2.64. The van der Waals surface area contributed by atoms with E-state index < -0.39 is 17.8 Å². The zero-order valence-electron chi connectivity index (χ0n) is 17.7. The average molecular weight is 438 g/mol. The van der Waals surface area contributed by atoms with Crippen molar-refractivity contribution < 1.29 is 19.0 Å². The fraction of sp³-hybridized carbons (Fsp3) is 0.409. The third kappa shape index (κ3) is 3.60. The van der Waals surface area contributed by atoms with Gasteiger partial charge >= 0.3 is 6.01 Å². The zero-order valence-corrected chi connectivity index (χ0v) is 17.7. The number of methoxy groups -OCH3 is 1. The molecule has 32 heavy (non-hydrogen) atoms. The van der Waals surface area contributed by atoms with Gasteiger partial charge in [-0.1, -0.05) is 6.07 Å². The number of hydrogen-bond donors (Lipinski definition) is 2. The smallest absolute Gasteiger partial charge is 0.319 e. The number of halogens is 1. The molecule has 0 unspecified atom stereocenters. The standard InChI is InChI=1S/C22H23FN6O3/c1-22-8-7-13(10-26-22)18(19(22)23)32-17-6-5-15(28-29-17)14-4-3-12(9-16(14)30)20-24-11-25-21(27-20)31-2/h3-6,9,11,13,18-19,26,30H,7-8,10H2,1-2H3/t13-,18+,19+,22-/m0/s1. The van der Waals surface area contributed by atoms with Gasteiger partial charge in [0, 0.05) is 29.7 Å². The number of fused-ring (bicyclic) bond motifs is 3. The number of rotatable bonds is 5. The van der Waals surface area contributed by atoms with E-state index in [1.165, 1.54) is 19.5 Å². The second kappa shape index (κ2) is 7.94. The van der Waals surface area contributed by atoms with Crippen molar-refractivity contribution in [1.29, 1.82) is 0 Å². The van der Waals surface area contributed by atoms with Gasteiger partial charge in [-0.2, -0.15) is 9.97 Å². The summed E-state index contributed by atoms with van der Waals surface area (Å²) in [5, 5.41) is 22.1. The number of aromatic hydroxyl groups is 1. The molecular formula is C22H23FN6O3. The van der Waals surface area contributed by atoms with E-state index in [2.05, 4.69) is 30.5 Å². The molecular weight excluding hydrogens is 415 g/mol. The van der Waals surface area contributed by atoms with Crippen LogP contribution in [0.3, 0.4) is 0 Å².